The van der Waals surface area contributed by atoms with E-state index in [1.807, 2.05) is 0 Å². The second-order valence-corrected chi connectivity index (χ2v) is 4.34. The number of methoxy groups -OCH3 is 1. The fraction of sp³-hybridized carbons (Fsp3) is 0.417. The first kappa shape index (κ1) is 15.2. The van der Waals surface area contributed by atoms with Gasteiger partial charge in [0.05, 0.1) is 17.6 Å². The highest BCUT2D eigenvalue weighted by Gasteiger charge is 2.26. The molecule has 0 N–H and O–H groups in total. The number of halogens is 1. The van der Waals surface area contributed by atoms with Gasteiger partial charge in [0.2, 0.25) is 5.75 Å². The van der Waals surface area contributed by atoms with E-state index in [0.29, 0.717) is 0 Å². The van der Waals surface area contributed by atoms with Crippen LogP contribution in [0.4, 0.5) is 5.69 Å². The van der Waals surface area contributed by atoms with Crippen molar-refractivity contribution in [2.24, 2.45) is 0 Å². The number of rotatable bonds is 5. The number of alkyl halides is 1. The number of nitrogens with zero attached hydrogens (tertiary/aromatic N) is 2. The minimum atomic E-state index is -0.583. The van der Waals surface area contributed by atoms with Gasteiger partial charge in [-0.15, -0.1) is 11.6 Å². The van der Waals surface area contributed by atoms with Crippen molar-refractivity contribution in [2.75, 3.05) is 20.0 Å². The van der Waals surface area contributed by atoms with Crippen molar-refractivity contribution < 1.29 is 14.5 Å². The summed E-state index contributed by atoms with van der Waals surface area (Å²) in [5.41, 5.74) is -0.0866. The summed E-state index contributed by atoms with van der Waals surface area (Å²) < 4.78 is 5.00. The van der Waals surface area contributed by atoms with Crippen LogP contribution in [0.25, 0.3) is 0 Å². The van der Waals surface area contributed by atoms with Crippen molar-refractivity contribution >= 4 is 23.2 Å². The Morgan fingerprint density at radius 3 is 2.68 bits per heavy atom. The van der Waals surface area contributed by atoms with Crippen molar-refractivity contribution in [1.29, 1.82) is 0 Å². The van der Waals surface area contributed by atoms with Gasteiger partial charge in [0.1, 0.15) is 0 Å². The van der Waals surface area contributed by atoms with Crippen molar-refractivity contribution in [3.05, 3.63) is 33.9 Å². The van der Waals surface area contributed by atoms with E-state index >= 15 is 0 Å². The molecule has 6 nitrogen and oxygen atoms in total. The molecule has 0 bridgehead atoms. The lowest BCUT2D eigenvalue weighted by atomic mass is 10.1. The third-order valence-corrected chi connectivity index (χ3v) is 3.28. The van der Waals surface area contributed by atoms with Crippen LogP contribution < -0.4 is 4.74 Å². The Morgan fingerprint density at radius 2 is 2.21 bits per heavy atom. The van der Waals surface area contributed by atoms with Gasteiger partial charge in [-0.25, -0.2) is 0 Å². The standard InChI is InChI=1S/C12H15ClN2O4/c1-8(7-13)14(2)12(16)9-5-4-6-10(15(17)18)11(9)19-3/h4-6,8H,7H2,1-3H3. The van der Waals surface area contributed by atoms with Crippen LogP contribution in [0.2, 0.25) is 0 Å². The highest BCUT2D eigenvalue weighted by atomic mass is 35.5. The van der Waals surface area contributed by atoms with Gasteiger partial charge in [-0.2, -0.15) is 0 Å². The van der Waals surface area contributed by atoms with E-state index in [1.54, 1.807) is 14.0 Å². The number of amides is 1. The van der Waals surface area contributed by atoms with E-state index in [-0.39, 0.29) is 34.8 Å². The molecule has 0 fully saturated rings. The maximum atomic E-state index is 12.3. The summed E-state index contributed by atoms with van der Waals surface area (Å²) in [6.45, 7) is 1.79. The first-order valence-corrected chi connectivity index (χ1v) is 6.12. The number of nitro benzene ring substituents is 1. The summed E-state index contributed by atoms with van der Waals surface area (Å²) in [5.74, 6) is -0.126. The average molecular weight is 287 g/mol. The molecule has 1 rings (SSSR count). The number of para-hydroxylation sites is 1. The molecule has 7 heteroatoms. The first-order chi connectivity index (χ1) is 8.93. The van der Waals surface area contributed by atoms with Gasteiger partial charge in [-0.05, 0) is 13.0 Å². The van der Waals surface area contributed by atoms with Crippen LogP contribution in [-0.4, -0.2) is 41.8 Å². The second kappa shape index (κ2) is 6.38. The largest absolute Gasteiger partial charge is 0.490 e. The quantitative estimate of drug-likeness (QED) is 0.473. The molecular formula is C12H15ClN2O4. The molecule has 1 amide bonds. The number of carbonyl (C=O) groups is 1. The van der Waals surface area contributed by atoms with Gasteiger partial charge in [-0.1, -0.05) is 6.07 Å². The van der Waals surface area contributed by atoms with E-state index in [9.17, 15) is 14.9 Å². The maximum Gasteiger partial charge on any atom is 0.311 e. The molecule has 0 saturated carbocycles. The van der Waals surface area contributed by atoms with Crippen LogP contribution >= 0.6 is 11.6 Å². The predicted molar refractivity (Wildman–Crippen MR) is 71.9 cm³/mol. The number of hydrogen-bond donors (Lipinski definition) is 0. The maximum absolute atomic E-state index is 12.3. The molecular weight excluding hydrogens is 272 g/mol. The fourth-order valence-electron chi connectivity index (χ4n) is 1.55. The van der Waals surface area contributed by atoms with Gasteiger partial charge < -0.3 is 9.64 Å². The lowest BCUT2D eigenvalue weighted by Crippen LogP contribution is -2.36. The number of nitro groups is 1. The Bertz CT molecular complexity index is 493. The molecule has 0 heterocycles. The molecule has 0 aliphatic heterocycles. The van der Waals surface area contributed by atoms with Gasteiger partial charge in [0.25, 0.3) is 5.91 Å². The van der Waals surface area contributed by atoms with Crippen LogP contribution in [-0.2, 0) is 0 Å². The lowest BCUT2D eigenvalue weighted by molar-refractivity contribution is -0.385. The van der Waals surface area contributed by atoms with E-state index in [2.05, 4.69) is 0 Å². The lowest BCUT2D eigenvalue weighted by Gasteiger charge is -2.23. The summed E-state index contributed by atoms with van der Waals surface area (Å²) >= 11 is 5.70. The van der Waals surface area contributed by atoms with Crippen molar-refractivity contribution in [1.82, 2.24) is 4.90 Å². The molecule has 0 aromatic heterocycles. The summed E-state index contributed by atoms with van der Waals surface area (Å²) in [6, 6.07) is 4.05. The topological polar surface area (TPSA) is 72.7 Å². The molecule has 1 unspecified atom stereocenters. The average Bonchev–Trinajstić information content (AvgIpc) is 2.43. The number of carbonyl (C=O) groups excluding carboxylic acids is 1. The Hall–Kier alpha value is -1.82. The summed E-state index contributed by atoms with van der Waals surface area (Å²) in [4.78, 5) is 24.0. The number of ether oxygens (including phenoxy) is 1. The highest BCUT2D eigenvalue weighted by Crippen LogP contribution is 2.31. The summed E-state index contributed by atoms with van der Waals surface area (Å²) in [7, 11) is 2.89. The van der Waals surface area contributed by atoms with Gasteiger partial charge in [0.15, 0.2) is 0 Å². The van der Waals surface area contributed by atoms with Crippen molar-refractivity contribution in [3.63, 3.8) is 0 Å². The minimum Gasteiger partial charge on any atom is -0.490 e. The van der Waals surface area contributed by atoms with E-state index in [1.165, 1.54) is 30.2 Å². The molecule has 1 atom stereocenters. The van der Waals surface area contributed by atoms with Gasteiger partial charge >= 0.3 is 5.69 Å². The van der Waals surface area contributed by atoms with Crippen LogP contribution in [0, 0.1) is 10.1 Å². The van der Waals surface area contributed by atoms with Crippen LogP contribution in [0.3, 0.4) is 0 Å². The molecule has 104 valence electrons. The van der Waals surface area contributed by atoms with Crippen LogP contribution in [0.1, 0.15) is 17.3 Å². The zero-order chi connectivity index (χ0) is 14.6. The SMILES string of the molecule is COc1c(C(=O)N(C)C(C)CCl)cccc1[N+](=O)[O-]. The number of benzene rings is 1. The Kier molecular flexibility index (Phi) is 5.11. The Balaban J connectivity index is 3.24. The number of hydrogen-bond acceptors (Lipinski definition) is 4. The van der Waals surface area contributed by atoms with E-state index in [0.717, 1.165) is 0 Å². The van der Waals surface area contributed by atoms with Crippen molar-refractivity contribution in [2.45, 2.75) is 13.0 Å². The normalized spacial score (nSPS) is 11.8. The fourth-order valence-corrected chi connectivity index (χ4v) is 1.75. The van der Waals surface area contributed by atoms with Crippen LogP contribution in [0.15, 0.2) is 18.2 Å². The molecule has 19 heavy (non-hydrogen) atoms. The molecule has 0 radical (unpaired) electrons. The summed E-state index contributed by atoms with van der Waals surface area (Å²) in [5, 5.41) is 10.9. The second-order valence-electron chi connectivity index (χ2n) is 4.03. The molecule has 0 spiro atoms. The van der Waals surface area contributed by atoms with Gasteiger partial charge in [-0.3, -0.25) is 14.9 Å². The molecule has 0 saturated heterocycles. The molecule has 1 aromatic carbocycles. The van der Waals surface area contributed by atoms with E-state index in [4.69, 9.17) is 16.3 Å². The van der Waals surface area contributed by atoms with Crippen molar-refractivity contribution in [3.8, 4) is 5.75 Å². The van der Waals surface area contributed by atoms with E-state index < -0.39 is 4.92 Å². The molecule has 0 aliphatic rings. The third kappa shape index (κ3) is 3.14. The summed E-state index contributed by atoms with van der Waals surface area (Å²) in [6.07, 6.45) is 0. The zero-order valence-electron chi connectivity index (χ0n) is 10.9. The smallest absolute Gasteiger partial charge is 0.311 e. The Labute approximate surface area is 116 Å². The zero-order valence-corrected chi connectivity index (χ0v) is 11.7. The van der Waals surface area contributed by atoms with Crippen LogP contribution in [0.5, 0.6) is 5.75 Å². The third-order valence-electron chi connectivity index (χ3n) is 2.83. The predicted octanol–water partition coefficient (Wildman–Crippen LogP) is 2.30. The minimum absolute atomic E-state index is 0.0360. The highest BCUT2D eigenvalue weighted by molar-refractivity contribution is 6.18. The molecule has 0 aliphatic carbocycles. The first-order valence-electron chi connectivity index (χ1n) is 5.58. The monoisotopic (exact) mass is 286 g/mol. The molecule has 1 aromatic rings. The Morgan fingerprint density at radius 1 is 1.58 bits per heavy atom. The van der Waals surface area contributed by atoms with Gasteiger partial charge in [0, 0.05) is 25.0 Å².